The normalized spacial score (nSPS) is 22.5. The minimum atomic E-state index is -3.76. The third-order valence-corrected chi connectivity index (χ3v) is 7.33. The summed E-state index contributed by atoms with van der Waals surface area (Å²) >= 11 is 5.92. The van der Waals surface area contributed by atoms with Gasteiger partial charge in [0, 0.05) is 23.4 Å². The predicted molar refractivity (Wildman–Crippen MR) is 117 cm³/mol. The lowest BCUT2D eigenvalue weighted by Crippen LogP contribution is -2.07. The zero-order valence-electron chi connectivity index (χ0n) is 16.2. The zero-order chi connectivity index (χ0) is 20.9. The van der Waals surface area contributed by atoms with Gasteiger partial charge in [-0.1, -0.05) is 24.6 Å². The number of aromatic nitrogens is 4. The molecule has 3 atom stereocenters. The van der Waals surface area contributed by atoms with E-state index in [-0.39, 0.29) is 16.7 Å². The number of halogens is 1. The molecule has 0 aliphatic heterocycles. The average Bonchev–Trinajstić information content (AvgIpc) is 3.43. The fraction of sp³-hybridized carbons (Fsp3) is 0.286. The standard InChI is InChI=1S/C21H20ClN5O2S/c1-13-7-14(10-26-30(28,29)17-4-2-3-15(22)9-17)8-18(13)21-25-12-16-11-24-20-19(27(16)21)5-6-23-20/h2-6,9-14,18,23H,7-8H2,1H3/b26-10-/t13-,14?,18+/m1/s1. The molecule has 1 N–H and O–H groups in total. The maximum absolute atomic E-state index is 12.5. The molecule has 0 spiro atoms. The number of aromatic amines is 1. The second-order valence-corrected chi connectivity index (χ2v) is 9.92. The summed E-state index contributed by atoms with van der Waals surface area (Å²) in [4.78, 5) is 12.4. The molecule has 0 radical (unpaired) electrons. The summed E-state index contributed by atoms with van der Waals surface area (Å²) < 4.78 is 31.2. The van der Waals surface area contributed by atoms with Crippen LogP contribution in [0.15, 0.2) is 58.2 Å². The van der Waals surface area contributed by atoms with E-state index in [1.54, 1.807) is 18.3 Å². The molecule has 1 unspecified atom stereocenters. The highest BCUT2D eigenvalue weighted by molar-refractivity contribution is 7.90. The van der Waals surface area contributed by atoms with E-state index in [1.165, 1.54) is 12.1 Å². The van der Waals surface area contributed by atoms with Gasteiger partial charge in [-0.05, 0) is 48.9 Å². The van der Waals surface area contributed by atoms with Gasteiger partial charge in [0.25, 0.3) is 10.0 Å². The first kappa shape index (κ1) is 19.3. The predicted octanol–water partition coefficient (Wildman–Crippen LogP) is 4.45. The molecule has 0 saturated heterocycles. The first-order chi connectivity index (χ1) is 14.4. The van der Waals surface area contributed by atoms with Gasteiger partial charge in [0.05, 0.1) is 28.3 Å². The molecule has 7 nitrogen and oxygen atoms in total. The van der Waals surface area contributed by atoms with Crippen molar-refractivity contribution in [3.05, 3.63) is 59.8 Å². The molecule has 3 aromatic heterocycles. The number of benzene rings is 1. The quantitative estimate of drug-likeness (QED) is 0.473. The van der Waals surface area contributed by atoms with Crippen LogP contribution in [0.4, 0.5) is 0 Å². The van der Waals surface area contributed by atoms with Crippen molar-refractivity contribution in [1.82, 2.24) is 19.4 Å². The van der Waals surface area contributed by atoms with Crippen LogP contribution in [-0.4, -0.2) is 34.0 Å². The number of nitrogens with zero attached hydrogens (tertiary/aromatic N) is 4. The van der Waals surface area contributed by atoms with Crippen LogP contribution in [0, 0.1) is 11.8 Å². The van der Waals surface area contributed by atoms with Crippen molar-refractivity contribution >= 4 is 44.5 Å². The van der Waals surface area contributed by atoms with Crippen molar-refractivity contribution in [3.8, 4) is 0 Å². The molecule has 0 bridgehead atoms. The van der Waals surface area contributed by atoms with E-state index in [0.29, 0.717) is 10.9 Å². The maximum Gasteiger partial charge on any atom is 0.282 e. The highest BCUT2D eigenvalue weighted by Gasteiger charge is 2.34. The SMILES string of the molecule is C[C@@H]1CC(/C=N\S(=O)(=O)c2cccc(Cl)c2)C[C@@H]1c1ncc2cnc3[nH]ccc3n12. The van der Waals surface area contributed by atoms with Gasteiger partial charge in [0.15, 0.2) is 5.65 Å². The Bertz CT molecular complexity index is 1370. The van der Waals surface area contributed by atoms with Crippen LogP contribution >= 0.6 is 11.6 Å². The number of hydrogen-bond donors (Lipinski definition) is 1. The number of sulfonamides is 1. The number of nitrogens with one attached hydrogen (secondary N) is 1. The molecule has 3 heterocycles. The molecular formula is C21H20ClN5O2S. The van der Waals surface area contributed by atoms with E-state index in [1.807, 2.05) is 24.7 Å². The molecule has 1 aromatic carbocycles. The Morgan fingerprint density at radius 2 is 2.07 bits per heavy atom. The first-order valence-electron chi connectivity index (χ1n) is 9.78. The largest absolute Gasteiger partial charge is 0.345 e. The van der Waals surface area contributed by atoms with E-state index in [9.17, 15) is 8.42 Å². The molecular weight excluding hydrogens is 422 g/mol. The smallest absolute Gasteiger partial charge is 0.282 e. The maximum atomic E-state index is 12.5. The number of imidazole rings is 1. The lowest BCUT2D eigenvalue weighted by atomic mass is 9.97. The molecule has 154 valence electrons. The fourth-order valence-corrected chi connectivity index (χ4v) is 5.63. The second kappa shape index (κ2) is 7.21. The van der Waals surface area contributed by atoms with Crippen molar-refractivity contribution in [1.29, 1.82) is 0 Å². The summed E-state index contributed by atoms with van der Waals surface area (Å²) in [5, 5.41) is 0.373. The van der Waals surface area contributed by atoms with Crippen LogP contribution in [0.25, 0.3) is 16.7 Å². The van der Waals surface area contributed by atoms with E-state index >= 15 is 0 Å². The van der Waals surface area contributed by atoms with Gasteiger partial charge in [-0.2, -0.15) is 12.8 Å². The van der Waals surface area contributed by atoms with Gasteiger partial charge in [0.2, 0.25) is 0 Å². The van der Waals surface area contributed by atoms with Gasteiger partial charge in [-0.3, -0.25) is 4.40 Å². The summed E-state index contributed by atoms with van der Waals surface area (Å²) in [6.45, 7) is 2.18. The number of rotatable bonds is 4. The molecule has 5 rings (SSSR count). The third-order valence-electron chi connectivity index (χ3n) is 5.84. The molecule has 1 aliphatic rings. The Balaban J connectivity index is 1.43. The van der Waals surface area contributed by atoms with E-state index in [2.05, 4.69) is 30.7 Å². The van der Waals surface area contributed by atoms with Crippen LogP contribution in [0.5, 0.6) is 0 Å². The fourth-order valence-electron chi connectivity index (χ4n) is 4.39. The van der Waals surface area contributed by atoms with Crippen molar-refractivity contribution < 1.29 is 8.42 Å². The van der Waals surface area contributed by atoms with Crippen LogP contribution in [-0.2, 0) is 10.0 Å². The van der Waals surface area contributed by atoms with E-state index < -0.39 is 10.0 Å². The van der Waals surface area contributed by atoms with E-state index in [0.717, 1.165) is 35.3 Å². The highest BCUT2D eigenvalue weighted by Crippen LogP contribution is 2.42. The summed E-state index contributed by atoms with van der Waals surface area (Å²) in [6, 6.07) is 8.17. The molecule has 0 amide bonds. The Morgan fingerprint density at radius 3 is 2.90 bits per heavy atom. The van der Waals surface area contributed by atoms with Crippen LogP contribution in [0.3, 0.4) is 0 Å². The van der Waals surface area contributed by atoms with Gasteiger partial charge < -0.3 is 4.98 Å². The number of hydrogen-bond acceptors (Lipinski definition) is 4. The van der Waals surface area contributed by atoms with Crippen LogP contribution in [0.1, 0.15) is 31.5 Å². The molecule has 30 heavy (non-hydrogen) atoms. The van der Waals surface area contributed by atoms with Gasteiger partial charge >= 0.3 is 0 Å². The lowest BCUT2D eigenvalue weighted by Gasteiger charge is -2.14. The average molecular weight is 442 g/mol. The van der Waals surface area contributed by atoms with Crippen LogP contribution in [0.2, 0.25) is 5.02 Å². The molecule has 1 fully saturated rings. The zero-order valence-corrected chi connectivity index (χ0v) is 17.8. The minimum absolute atomic E-state index is 0.0647. The number of fused-ring (bicyclic) bond motifs is 3. The second-order valence-electron chi connectivity index (χ2n) is 7.85. The Labute approximate surface area is 178 Å². The third kappa shape index (κ3) is 3.30. The van der Waals surface area contributed by atoms with Crippen LogP contribution < -0.4 is 0 Å². The molecule has 9 heteroatoms. The highest BCUT2D eigenvalue weighted by atomic mass is 35.5. The summed E-state index contributed by atoms with van der Waals surface area (Å²) in [5.74, 6) is 1.61. The summed E-state index contributed by atoms with van der Waals surface area (Å²) in [7, 11) is -3.76. The minimum Gasteiger partial charge on any atom is -0.345 e. The van der Waals surface area contributed by atoms with Crippen molar-refractivity contribution in [3.63, 3.8) is 0 Å². The first-order valence-corrected chi connectivity index (χ1v) is 11.6. The van der Waals surface area contributed by atoms with Crippen molar-refractivity contribution in [2.45, 2.75) is 30.6 Å². The molecule has 1 saturated carbocycles. The summed E-state index contributed by atoms with van der Waals surface area (Å²) in [6.07, 6.45) is 8.75. The Kier molecular flexibility index (Phi) is 4.63. The topological polar surface area (TPSA) is 92.5 Å². The van der Waals surface area contributed by atoms with Crippen molar-refractivity contribution in [2.24, 2.45) is 16.2 Å². The number of H-pyrrole nitrogens is 1. The van der Waals surface area contributed by atoms with Crippen molar-refractivity contribution in [2.75, 3.05) is 0 Å². The molecule has 1 aliphatic carbocycles. The Morgan fingerprint density at radius 1 is 1.23 bits per heavy atom. The Hall–Kier alpha value is -2.71. The van der Waals surface area contributed by atoms with Gasteiger partial charge in [-0.25, -0.2) is 9.97 Å². The monoisotopic (exact) mass is 441 g/mol. The van der Waals surface area contributed by atoms with Gasteiger partial charge in [0.1, 0.15) is 5.82 Å². The molecule has 4 aromatic rings. The summed E-state index contributed by atoms with van der Waals surface area (Å²) in [5.41, 5.74) is 2.76. The van der Waals surface area contributed by atoms with Gasteiger partial charge in [-0.15, -0.1) is 0 Å². The lowest BCUT2D eigenvalue weighted by molar-refractivity contribution is 0.509. The van der Waals surface area contributed by atoms with E-state index in [4.69, 9.17) is 11.6 Å².